The van der Waals surface area contributed by atoms with E-state index in [4.69, 9.17) is 0 Å². The highest BCUT2D eigenvalue weighted by Gasteiger charge is 2.26. The Kier molecular flexibility index (Phi) is 7.46. The van der Waals surface area contributed by atoms with Crippen molar-refractivity contribution in [3.05, 3.63) is 29.8 Å². The van der Waals surface area contributed by atoms with Gasteiger partial charge < -0.3 is 15.1 Å². The van der Waals surface area contributed by atoms with Crippen LogP contribution in [0, 0.1) is 0 Å². The van der Waals surface area contributed by atoms with Crippen LogP contribution in [-0.2, 0) is 11.2 Å². The van der Waals surface area contributed by atoms with Crippen molar-refractivity contribution >= 4 is 29.4 Å². The Morgan fingerprint density at radius 2 is 1.62 bits per heavy atom. The lowest BCUT2D eigenvalue weighted by Crippen LogP contribution is -2.44. The van der Waals surface area contributed by atoms with Crippen LogP contribution >= 0.6 is 11.8 Å². The van der Waals surface area contributed by atoms with Crippen molar-refractivity contribution < 1.29 is 9.59 Å². The van der Waals surface area contributed by atoms with Gasteiger partial charge >= 0.3 is 6.03 Å². The molecule has 1 N–H and O–H groups in total. The summed E-state index contributed by atoms with van der Waals surface area (Å²) in [6, 6.07) is 7.62. The molecule has 3 amide bonds. The summed E-state index contributed by atoms with van der Waals surface area (Å²) in [5.74, 6) is 2.25. The molecule has 2 aliphatic rings. The second-order valence-electron chi connectivity index (χ2n) is 8.80. The zero-order valence-electron chi connectivity index (χ0n) is 17.9. The Morgan fingerprint density at radius 1 is 0.931 bits per heavy atom. The first-order chi connectivity index (χ1) is 13.8. The third-order valence-electron chi connectivity index (χ3n) is 5.66. The molecular formula is C22H34N4O2S. The van der Waals surface area contributed by atoms with Gasteiger partial charge in [-0.2, -0.15) is 11.8 Å². The largest absolute Gasteiger partial charge is 0.341 e. The van der Waals surface area contributed by atoms with E-state index in [-0.39, 0.29) is 17.5 Å². The maximum Gasteiger partial charge on any atom is 0.321 e. The van der Waals surface area contributed by atoms with Gasteiger partial charge in [-0.15, -0.1) is 0 Å². The molecule has 2 fully saturated rings. The van der Waals surface area contributed by atoms with Crippen LogP contribution in [0.4, 0.5) is 10.5 Å². The fourth-order valence-corrected chi connectivity index (χ4v) is 4.70. The van der Waals surface area contributed by atoms with Crippen LogP contribution in [0.3, 0.4) is 0 Å². The summed E-state index contributed by atoms with van der Waals surface area (Å²) < 4.78 is 0. The van der Waals surface area contributed by atoms with Crippen LogP contribution < -0.4 is 5.32 Å². The fourth-order valence-electron chi connectivity index (χ4n) is 3.80. The summed E-state index contributed by atoms with van der Waals surface area (Å²) >= 11 is 1.90. The molecule has 2 heterocycles. The van der Waals surface area contributed by atoms with E-state index in [0.717, 1.165) is 68.4 Å². The lowest BCUT2D eigenvalue weighted by atomic mass is 10.1. The lowest BCUT2D eigenvalue weighted by Gasteiger charge is -2.34. The third-order valence-corrected chi connectivity index (χ3v) is 6.60. The topological polar surface area (TPSA) is 55.9 Å². The number of nitrogens with zero attached hydrogens (tertiary/aromatic N) is 3. The van der Waals surface area contributed by atoms with E-state index in [0.29, 0.717) is 6.42 Å². The van der Waals surface area contributed by atoms with Gasteiger partial charge in [0.1, 0.15) is 0 Å². The zero-order chi connectivity index (χ0) is 20.9. The van der Waals surface area contributed by atoms with Gasteiger partial charge in [0.25, 0.3) is 0 Å². The highest BCUT2D eigenvalue weighted by Crippen LogP contribution is 2.18. The second-order valence-corrected chi connectivity index (χ2v) is 10.0. The fraction of sp³-hybridized carbons (Fsp3) is 0.636. The molecule has 29 heavy (non-hydrogen) atoms. The molecule has 160 valence electrons. The van der Waals surface area contributed by atoms with E-state index < -0.39 is 0 Å². The number of carbonyl (C=O) groups excluding carboxylic acids is 2. The highest BCUT2D eigenvalue weighted by molar-refractivity contribution is 7.99. The molecule has 0 radical (unpaired) electrons. The number of hydrogen-bond acceptors (Lipinski definition) is 4. The van der Waals surface area contributed by atoms with Crippen molar-refractivity contribution in [2.24, 2.45) is 0 Å². The van der Waals surface area contributed by atoms with E-state index in [2.05, 4.69) is 31.0 Å². The van der Waals surface area contributed by atoms with Gasteiger partial charge in [-0.25, -0.2) is 4.79 Å². The van der Waals surface area contributed by atoms with Gasteiger partial charge in [-0.05, 0) is 44.9 Å². The summed E-state index contributed by atoms with van der Waals surface area (Å²) in [6.07, 6.45) is 1.41. The SMILES string of the molecule is CC(C)(C)N1CCCN(C(=O)Nc2ccc(CC(=O)N3CCSCC3)cc2)CC1. The maximum atomic E-state index is 12.7. The van der Waals surface area contributed by atoms with Crippen LogP contribution in [0.25, 0.3) is 0 Å². The smallest absolute Gasteiger partial charge is 0.321 e. The van der Waals surface area contributed by atoms with Gasteiger partial charge in [0.2, 0.25) is 5.91 Å². The molecule has 6 nitrogen and oxygen atoms in total. The molecule has 0 aliphatic carbocycles. The molecule has 0 spiro atoms. The Labute approximate surface area is 179 Å². The first kappa shape index (κ1) is 22.0. The Bertz CT molecular complexity index is 696. The molecule has 0 aromatic heterocycles. The molecule has 0 atom stereocenters. The standard InChI is InChI=1S/C22H34N4O2S/c1-22(2,3)26-10-4-9-25(11-12-26)21(28)23-19-7-5-18(6-8-19)17-20(27)24-13-15-29-16-14-24/h5-8H,4,9-17H2,1-3H3,(H,23,28). The molecule has 0 unspecified atom stereocenters. The highest BCUT2D eigenvalue weighted by atomic mass is 32.2. The van der Waals surface area contributed by atoms with Crippen molar-refractivity contribution in [3.63, 3.8) is 0 Å². The number of hydrogen-bond donors (Lipinski definition) is 1. The molecule has 7 heteroatoms. The van der Waals surface area contributed by atoms with Crippen molar-refractivity contribution in [2.45, 2.75) is 39.2 Å². The molecule has 1 aromatic carbocycles. The summed E-state index contributed by atoms with van der Waals surface area (Å²) in [7, 11) is 0. The van der Waals surface area contributed by atoms with Crippen molar-refractivity contribution in [1.29, 1.82) is 0 Å². The average molecular weight is 419 g/mol. The molecular weight excluding hydrogens is 384 g/mol. The first-order valence-electron chi connectivity index (χ1n) is 10.6. The minimum absolute atomic E-state index is 0.0459. The quantitative estimate of drug-likeness (QED) is 0.819. The average Bonchev–Trinajstić information content (AvgIpc) is 2.96. The predicted molar refractivity (Wildman–Crippen MR) is 121 cm³/mol. The summed E-state index contributed by atoms with van der Waals surface area (Å²) in [6.45, 7) is 11.8. The summed E-state index contributed by atoms with van der Waals surface area (Å²) in [5.41, 5.74) is 1.89. The Hall–Kier alpha value is -1.73. The molecule has 1 aromatic rings. The Morgan fingerprint density at radius 3 is 2.28 bits per heavy atom. The molecule has 0 saturated carbocycles. The van der Waals surface area contributed by atoms with Crippen LogP contribution in [0.2, 0.25) is 0 Å². The summed E-state index contributed by atoms with van der Waals surface area (Å²) in [4.78, 5) is 31.4. The Balaban J connectivity index is 1.50. The number of thioether (sulfide) groups is 1. The van der Waals surface area contributed by atoms with Gasteiger partial charge in [-0.1, -0.05) is 12.1 Å². The van der Waals surface area contributed by atoms with Crippen molar-refractivity contribution in [2.75, 3.05) is 56.1 Å². The van der Waals surface area contributed by atoms with Gasteiger partial charge in [0.05, 0.1) is 6.42 Å². The van der Waals surface area contributed by atoms with Crippen molar-refractivity contribution in [1.82, 2.24) is 14.7 Å². The van der Waals surface area contributed by atoms with Crippen LogP contribution in [0.5, 0.6) is 0 Å². The first-order valence-corrected chi connectivity index (χ1v) is 11.7. The minimum atomic E-state index is -0.0459. The van der Waals surface area contributed by atoms with E-state index in [9.17, 15) is 9.59 Å². The third kappa shape index (κ3) is 6.37. The van der Waals surface area contributed by atoms with Crippen LogP contribution in [-0.4, -0.2) is 83.0 Å². The van der Waals surface area contributed by atoms with Crippen LogP contribution in [0.15, 0.2) is 24.3 Å². The van der Waals surface area contributed by atoms with Gasteiger partial charge in [-0.3, -0.25) is 9.69 Å². The molecule has 2 saturated heterocycles. The van der Waals surface area contributed by atoms with Crippen molar-refractivity contribution in [3.8, 4) is 0 Å². The minimum Gasteiger partial charge on any atom is -0.341 e. The maximum absolute atomic E-state index is 12.7. The van der Waals surface area contributed by atoms with Crippen LogP contribution in [0.1, 0.15) is 32.8 Å². The number of nitrogens with one attached hydrogen (secondary N) is 1. The number of urea groups is 1. The number of anilines is 1. The normalized spacial score (nSPS) is 19.0. The number of amides is 3. The number of rotatable bonds is 3. The number of benzene rings is 1. The van der Waals surface area contributed by atoms with E-state index in [1.54, 1.807) is 0 Å². The van der Waals surface area contributed by atoms with Gasteiger partial charge in [0.15, 0.2) is 0 Å². The van der Waals surface area contributed by atoms with Gasteiger partial charge in [0, 0.05) is 62.0 Å². The monoisotopic (exact) mass is 418 g/mol. The molecule has 3 rings (SSSR count). The molecule has 2 aliphatic heterocycles. The molecule has 0 bridgehead atoms. The lowest BCUT2D eigenvalue weighted by molar-refractivity contribution is -0.130. The predicted octanol–water partition coefficient (Wildman–Crippen LogP) is 3.14. The second kappa shape index (κ2) is 9.85. The van der Waals surface area contributed by atoms with E-state index >= 15 is 0 Å². The van der Waals surface area contributed by atoms with E-state index in [1.807, 2.05) is 45.8 Å². The summed E-state index contributed by atoms with van der Waals surface area (Å²) in [5, 5.41) is 3.01. The number of carbonyl (C=O) groups is 2. The van der Waals surface area contributed by atoms with E-state index in [1.165, 1.54) is 0 Å². The zero-order valence-corrected chi connectivity index (χ0v) is 18.8.